The number of benzene rings is 3. The second kappa shape index (κ2) is 9.29. The molecule has 3 aromatic carbocycles. The lowest BCUT2D eigenvalue weighted by Gasteiger charge is -2.22. The summed E-state index contributed by atoms with van der Waals surface area (Å²) in [6.07, 6.45) is 0.454. The molecule has 0 spiro atoms. The van der Waals surface area contributed by atoms with E-state index in [2.05, 4.69) is 26.0 Å². The number of hydrogen-bond donors (Lipinski definition) is 5. The van der Waals surface area contributed by atoms with Gasteiger partial charge in [-0.25, -0.2) is 18.0 Å². The van der Waals surface area contributed by atoms with Gasteiger partial charge in [-0.2, -0.15) is 0 Å². The smallest absolute Gasteiger partial charge is 0.339 e. The molecular formula is C24H20BrN3O9S. The van der Waals surface area contributed by atoms with Gasteiger partial charge in [0.15, 0.2) is 0 Å². The van der Waals surface area contributed by atoms with E-state index in [4.69, 9.17) is 5.11 Å². The van der Waals surface area contributed by atoms with Crippen molar-refractivity contribution >= 4 is 55.0 Å². The fourth-order valence-corrected chi connectivity index (χ4v) is 6.45. The Hall–Kier alpha value is -4.17. The predicted octanol–water partition coefficient (Wildman–Crippen LogP) is 4.36. The van der Waals surface area contributed by atoms with Crippen LogP contribution in [-0.2, 0) is 15.4 Å². The van der Waals surface area contributed by atoms with Gasteiger partial charge in [0.05, 0.1) is 21.9 Å². The Morgan fingerprint density at radius 3 is 2.24 bits per heavy atom. The first-order valence-electron chi connectivity index (χ1n) is 10.9. The van der Waals surface area contributed by atoms with Gasteiger partial charge in [0.1, 0.15) is 20.7 Å². The van der Waals surface area contributed by atoms with Crippen LogP contribution in [0.1, 0.15) is 39.6 Å². The van der Waals surface area contributed by atoms with E-state index in [9.17, 15) is 38.3 Å². The predicted molar refractivity (Wildman–Crippen MR) is 140 cm³/mol. The largest absolute Gasteiger partial charge is 0.506 e. The average Bonchev–Trinajstić information content (AvgIpc) is 3.40. The number of nitrogens with zero attached hydrogens (tertiary/aromatic N) is 1. The molecule has 0 unspecified atom stereocenters. The average molecular weight is 606 g/mol. The van der Waals surface area contributed by atoms with Gasteiger partial charge in [-0.1, -0.05) is 41.1 Å². The van der Waals surface area contributed by atoms with Gasteiger partial charge in [-0.3, -0.25) is 14.8 Å². The van der Waals surface area contributed by atoms with E-state index in [1.165, 1.54) is 24.3 Å². The summed E-state index contributed by atoms with van der Waals surface area (Å²) in [4.78, 5) is 33.2. The van der Waals surface area contributed by atoms with E-state index >= 15 is 0 Å². The van der Waals surface area contributed by atoms with Gasteiger partial charge < -0.3 is 20.6 Å². The highest BCUT2D eigenvalue weighted by Gasteiger charge is 2.64. The Kier molecular flexibility index (Phi) is 6.57. The third-order valence-corrected chi connectivity index (χ3v) is 9.18. The highest BCUT2D eigenvalue weighted by molar-refractivity contribution is 9.10. The lowest BCUT2D eigenvalue weighted by molar-refractivity contribution is -0.384. The minimum Gasteiger partial charge on any atom is -0.506 e. The van der Waals surface area contributed by atoms with E-state index in [0.29, 0.717) is 6.42 Å². The number of hydrogen-bond acceptors (Lipinski definition) is 8. The van der Waals surface area contributed by atoms with Gasteiger partial charge in [0, 0.05) is 17.5 Å². The number of nitro groups is 1. The molecule has 198 valence electrons. The number of halogens is 1. The van der Waals surface area contributed by atoms with Crippen molar-refractivity contribution in [1.82, 2.24) is 0 Å². The van der Waals surface area contributed by atoms with Crippen molar-refractivity contribution in [3.8, 4) is 5.75 Å². The minimum absolute atomic E-state index is 0.00617. The van der Waals surface area contributed by atoms with Crippen LogP contribution in [0.15, 0.2) is 65.6 Å². The fourth-order valence-electron chi connectivity index (χ4n) is 4.15. The number of sulfonamides is 1. The molecule has 0 amide bonds. The number of aromatic carboxylic acids is 2. The first kappa shape index (κ1) is 26.9. The van der Waals surface area contributed by atoms with Gasteiger partial charge in [0.2, 0.25) is 0 Å². The summed E-state index contributed by atoms with van der Waals surface area (Å²) in [5, 5.41) is 43.1. The molecule has 1 aliphatic rings. The van der Waals surface area contributed by atoms with Crippen LogP contribution in [0.25, 0.3) is 0 Å². The number of carboxylic acids is 2. The normalized spacial score (nSPS) is 20.4. The molecule has 1 fully saturated rings. The summed E-state index contributed by atoms with van der Waals surface area (Å²) >= 11 is 3.59. The van der Waals surface area contributed by atoms with Crippen LogP contribution in [0.2, 0.25) is 0 Å². The molecule has 5 N–H and O–H groups in total. The number of carboxylic acid groups (broad SMARTS) is 2. The van der Waals surface area contributed by atoms with Crippen LogP contribution in [-0.4, -0.2) is 45.0 Å². The topological polar surface area (TPSA) is 196 Å². The van der Waals surface area contributed by atoms with Crippen molar-refractivity contribution in [3.05, 3.63) is 87.5 Å². The van der Waals surface area contributed by atoms with E-state index in [1.54, 1.807) is 12.1 Å². The highest BCUT2D eigenvalue weighted by Crippen LogP contribution is 2.63. The van der Waals surface area contributed by atoms with Crippen molar-refractivity contribution < 1.29 is 38.2 Å². The lowest BCUT2D eigenvalue weighted by atomic mass is 9.97. The molecule has 4 rings (SSSR count). The van der Waals surface area contributed by atoms with Crippen LogP contribution in [0, 0.1) is 10.1 Å². The Bertz CT molecular complexity index is 1590. The highest BCUT2D eigenvalue weighted by atomic mass is 79.9. The molecule has 14 heteroatoms. The summed E-state index contributed by atoms with van der Waals surface area (Å²) in [6, 6.07) is 12.8. The Balaban J connectivity index is 1.66. The molecule has 0 aliphatic heterocycles. The van der Waals surface area contributed by atoms with Crippen LogP contribution in [0.5, 0.6) is 5.75 Å². The zero-order valence-corrected chi connectivity index (χ0v) is 21.9. The number of anilines is 2. The molecule has 0 radical (unpaired) electrons. The lowest BCUT2D eigenvalue weighted by Crippen LogP contribution is -2.26. The number of phenolic OH excluding ortho intramolecular Hbond substituents is 1. The SMILES string of the molecule is C[C@@]1(c2ccc([N+](=O)[O-])cc2)C[C@]1(Br)Nc1cccc(S(=O)(=O)Nc2ccc(C(=O)O)cc2O)c1C(=O)O. The van der Waals surface area contributed by atoms with Crippen LogP contribution >= 0.6 is 15.9 Å². The van der Waals surface area contributed by atoms with Gasteiger partial charge in [0.25, 0.3) is 15.7 Å². The Morgan fingerprint density at radius 2 is 1.68 bits per heavy atom. The van der Waals surface area contributed by atoms with E-state index in [0.717, 1.165) is 29.8 Å². The summed E-state index contributed by atoms with van der Waals surface area (Å²) in [5.41, 5.74) is -1.11. The van der Waals surface area contributed by atoms with Crippen molar-refractivity contribution in [2.75, 3.05) is 10.0 Å². The van der Waals surface area contributed by atoms with Gasteiger partial charge in [-0.15, -0.1) is 0 Å². The molecule has 12 nitrogen and oxygen atoms in total. The number of phenols is 1. The zero-order valence-electron chi connectivity index (χ0n) is 19.5. The van der Waals surface area contributed by atoms with Crippen LogP contribution < -0.4 is 10.0 Å². The van der Waals surface area contributed by atoms with E-state index in [1.807, 2.05) is 6.92 Å². The number of non-ortho nitro benzene ring substituents is 1. The van der Waals surface area contributed by atoms with E-state index < -0.39 is 53.0 Å². The molecule has 38 heavy (non-hydrogen) atoms. The molecule has 0 aromatic heterocycles. The first-order valence-corrected chi connectivity index (χ1v) is 13.1. The molecule has 1 saturated carbocycles. The summed E-state index contributed by atoms with van der Waals surface area (Å²) in [5.74, 6) is -3.52. The second-order valence-electron chi connectivity index (χ2n) is 8.87. The number of alkyl halides is 1. The van der Waals surface area contributed by atoms with E-state index in [-0.39, 0.29) is 22.6 Å². The molecule has 0 saturated heterocycles. The Morgan fingerprint density at radius 1 is 1.03 bits per heavy atom. The number of rotatable bonds is 9. The molecule has 3 aromatic rings. The molecule has 1 aliphatic carbocycles. The molecular weight excluding hydrogens is 586 g/mol. The summed E-state index contributed by atoms with van der Waals surface area (Å²) in [7, 11) is -4.55. The second-order valence-corrected chi connectivity index (χ2v) is 11.9. The fraction of sp³-hybridized carbons (Fsp3) is 0.167. The van der Waals surface area contributed by atoms with Crippen molar-refractivity contribution in [3.63, 3.8) is 0 Å². The monoisotopic (exact) mass is 605 g/mol. The maximum absolute atomic E-state index is 13.2. The minimum atomic E-state index is -4.55. The summed E-state index contributed by atoms with van der Waals surface area (Å²) in [6.45, 7) is 1.86. The number of nitro benzene ring substituents is 1. The third kappa shape index (κ3) is 4.75. The molecule has 0 bridgehead atoms. The van der Waals surface area contributed by atoms with Crippen molar-refractivity contribution in [2.24, 2.45) is 0 Å². The first-order chi connectivity index (χ1) is 17.7. The molecule has 2 atom stereocenters. The zero-order chi connectivity index (χ0) is 28.0. The standard InChI is InChI=1S/C24H20BrN3O9S/c1-23(14-6-8-15(9-7-14)28(34)35)12-24(23,25)26-17-3-2-4-19(20(17)22(32)33)38(36,37)27-16-10-5-13(21(30)31)11-18(16)29/h2-11,26-27,29H,12H2,1H3,(H,30,31)(H,32,33)/t23-,24-/m0/s1. The van der Waals surface area contributed by atoms with Crippen molar-refractivity contribution in [1.29, 1.82) is 0 Å². The third-order valence-electron chi connectivity index (χ3n) is 6.41. The van der Waals surface area contributed by atoms with Gasteiger partial charge in [-0.05, 0) is 42.3 Å². The number of aromatic hydroxyl groups is 1. The van der Waals surface area contributed by atoms with Crippen LogP contribution in [0.4, 0.5) is 17.1 Å². The van der Waals surface area contributed by atoms with Crippen molar-refractivity contribution in [2.45, 2.75) is 28.1 Å². The number of nitrogens with one attached hydrogen (secondary N) is 2. The molecule has 0 heterocycles. The maximum Gasteiger partial charge on any atom is 0.339 e. The number of carbonyl (C=O) groups is 2. The van der Waals surface area contributed by atoms with Crippen LogP contribution in [0.3, 0.4) is 0 Å². The maximum atomic E-state index is 13.2. The van der Waals surface area contributed by atoms with Gasteiger partial charge >= 0.3 is 11.9 Å². The Labute approximate surface area is 224 Å². The summed E-state index contributed by atoms with van der Waals surface area (Å²) < 4.78 is 27.6. The quantitative estimate of drug-likeness (QED) is 0.0767.